The molecular weight excluding hydrogens is 383 g/mol. The molecule has 10 heteroatoms. The molecule has 3 aromatic rings. The van der Waals surface area contributed by atoms with E-state index in [2.05, 4.69) is 15.4 Å². The Morgan fingerprint density at radius 3 is 2.80 bits per heavy atom. The summed E-state index contributed by atoms with van der Waals surface area (Å²) in [6, 6.07) is 9.38. The van der Waals surface area contributed by atoms with Crippen molar-refractivity contribution in [3.05, 3.63) is 53.9 Å². The Kier molecular flexibility index (Phi) is 5.30. The predicted octanol–water partition coefficient (Wildman–Crippen LogP) is 0.691. The standard InChI is InChI=1S/C20H21BN6O3/c1-12-8-26(20(29)30-11-13-5-3-2-4-6-13)9-15(12)24-17-14(18(22)28)7-23-27-10-16(21)25-19(17)27/h2-7,10,12,15,24H,8-9,11H2,1H3,(H2,22,28)/t12-,15+/m0/s1. The first-order valence-corrected chi connectivity index (χ1v) is 9.58. The van der Waals surface area contributed by atoms with Crippen LogP contribution in [0.3, 0.4) is 0 Å². The minimum atomic E-state index is -0.626. The van der Waals surface area contributed by atoms with Crippen molar-refractivity contribution in [1.82, 2.24) is 19.5 Å². The number of benzene rings is 1. The molecule has 3 heterocycles. The van der Waals surface area contributed by atoms with E-state index in [4.69, 9.17) is 18.3 Å². The highest BCUT2D eigenvalue weighted by Crippen LogP contribution is 2.26. The van der Waals surface area contributed by atoms with Gasteiger partial charge >= 0.3 is 6.09 Å². The number of nitrogens with one attached hydrogen (secondary N) is 1. The lowest BCUT2D eigenvalue weighted by Gasteiger charge is -2.20. The molecular formula is C20H21BN6O3. The number of anilines is 1. The summed E-state index contributed by atoms with van der Waals surface area (Å²) in [5.41, 5.74) is 7.79. The summed E-state index contributed by atoms with van der Waals surface area (Å²) in [4.78, 5) is 30.3. The summed E-state index contributed by atoms with van der Waals surface area (Å²) in [5, 5.41) is 7.45. The summed E-state index contributed by atoms with van der Waals surface area (Å²) < 4.78 is 6.92. The number of ether oxygens (including phenoxy) is 1. The molecule has 9 nitrogen and oxygen atoms in total. The topological polar surface area (TPSA) is 115 Å². The first kappa shape index (κ1) is 19.7. The molecule has 1 aliphatic heterocycles. The second-order valence-electron chi connectivity index (χ2n) is 7.40. The number of imidazole rings is 1. The lowest BCUT2D eigenvalue weighted by molar-refractivity contribution is 0.0998. The SMILES string of the molecule is [B]c1cn2ncc(C(N)=O)c(N[C@@H]3CN(C(=O)OCc4ccccc4)C[C@@H]3C)c2n1. The fraction of sp³-hybridized carbons (Fsp3) is 0.300. The van der Waals surface area contributed by atoms with Gasteiger partial charge in [-0.25, -0.2) is 14.3 Å². The minimum Gasteiger partial charge on any atom is -0.445 e. The van der Waals surface area contributed by atoms with E-state index >= 15 is 0 Å². The molecule has 1 fully saturated rings. The van der Waals surface area contributed by atoms with Crippen LogP contribution in [-0.2, 0) is 11.3 Å². The highest BCUT2D eigenvalue weighted by atomic mass is 16.6. The monoisotopic (exact) mass is 404 g/mol. The fourth-order valence-corrected chi connectivity index (χ4v) is 3.58. The number of hydrogen-bond acceptors (Lipinski definition) is 6. The summed E-state index contributed by atoms with van der Waals surface area (Å²) in [5.74, 6) is -0.519. The second kappa shape index (κ2) is 8.06. The van der Waals surface area contributed by atoms with Crippen LogP contribution in [0.25, 0.3) is 5.65 Å². The number of fused-ring (bicyclic) bond motifs is 1. The van der Waals surface area contributed by atoms with Gasteiger partial charge in [-0.1, -0.05) is 37.3 Å². The molecule has 2 aromatic heterocycles. The Morgan fingerprint density at radius 2 is 2.07 bits per heavy atom. The van der Waals surface area contributed by atoms with Crippen molar-refractivity contribution in [2.45, 2.75) is 19.6 Å². The molecule has 2 radical (unpaired) electrons. The van der Waals surface area contributed by atoms with Gasteiger partial charge in [0.15, 0.2) is 5.65 Å². The molecule has 152 valence electrons. The fourth-order valence-electron chi connectivity index (χ4n) is 3.58. The zero-order chi connectivity index (χ0) is 21.3. The third-order valence-electron chi connectivity index (χ3n) is 5.18. The van der Waals surface area contributed by atoms with E-state index in [1.807, 2.05) is 37.3 Å². The van der Waals surface area contributed by atoms with E-state index in [0.717, 1.165) is 5.56 Å². The maximum absolute atomic E-state index is 12.5. The van der Waals surface area contributed by atoms with Gasteiger partial charge in [0.05, 0.1) is 17.4 Å². The molecule has 0 saturated carbocycles. The molecule has 3 N–H and O–H groups in total. The first-order chi connectivity index (χ1) is 14.4. The lowest BCUT2D eigenvalue weighted by Crippen LogP contribution is -2.33. The third-order valence-corrected chi connectivity index (χ3v) is 5.18. The average Bonchev–Trinajstić information content (AvgIpc) is 3.29. The number of carbonyl (C=O) groups is 2. The molecule has 0 unspecified atom stereocenters. The number of nitrogens with two attached hydrogens (primary N) is 1. The molecule has 0 aliphatic carbocycles. The van der Waals surface area contributed by atoms with E-state index < -0.39 is 5.91 Å². The number of carbonyl (C=O) groups excluding carboxylic acids is 2. The van der Waals surface area contributed by atoms with Crippen LogP contribution in [0.4, 0.5) is 10.5 Å². The third kappa shape index (κ3) is 3.93. The van der Waals surface area contributed by atoms with Gasteiger partial charge in [0.1, 0.15) is 14.5 Å². The Bertz CT molecular complexity index is 1090. The molecule has 1 aliphatic rings. The van der Waals surface area contributed by atoms with Crippen LogP contribution in [0.15, 0.2) is 42.7 Å². The Labute approximate surface area is 174 Å². The molecule has 2 amide bonds. The van der Waals surface area contributed by atoms with Gasteiger partial charge in [-0.15, -0.1) is 0 Å². The zero-order valence-electron chi connectivity index (χ0n) is 16.5. The number of aromatic nitrogens is 3. The smallest absolute Gasteiger partial charge is 0.410 e. The number of hydrogen-bond donors (Lipinski definition) is 2. The molecule has 0 spiro atoms. The van der Waals surface area contributed by atoms with Crippen LogP contribution in [0, 0.1) is 5.92 Å². The van der Waals surface area contributed by atoms with Crippen molar-refractivity contribution in [2.75, 3.05) is 18.4 Å². The van der Waals surface area contributed by atoms with Crippen LogP contribution in [0.5, 0.6) is 0 Å². The zero-order valence-corrected chi connectivity index (χ0v) is 16.5. The van der Waals surface area contributed by atoms with Crippen molar-refractivity contribution in [1.29, 1.82) is 0 Å². The summed E-state index contributed by atoms with van der Waals surface area (Å²) >= 11 is 0. The van der Waals surface area contributed by atoms with Crippen LogP contribution >= 0.6 is 0 Å². The van der Waals surface area contributed by atoms with Gasteiger partial charge in [0, 0.05) is 30.9 Å². The Morgan fingerprint density at radius 1 is 1.30 bits per heavy atom. The Balaban J connectivity index is 1.49. The summed E-state index contributed by atoms with van der Waals surface area (Å²) in [7, 11) is 5.78. The average molecular weight is 404 g/mol. The second-order valence-corrected chi connectivity index (χ2v) is 7.40. The molecule has 30 heavy (non-hydrogen) atoms. The maximum atomic E-state index is 12.5. The van der Waals surface area contributed by atoms with Gasteiger partial charge in [-0.05, 0) is 11.5 Å². The molecule has 1 aromatic carbocycles. The van der Waals surface area contributed by atoms with Gasteiger partial charge in [0.25, 0.3) is 5.91 Å². The minimum absolute atomic E-state index is 0.107. The van der Waals surface area contributed by atoms with Crippen LogP contribution in [0.2, 0.25) is 0 Å². The summed E-state index contributed by atoms with van der Waals surface area (Å²) in [6.07, 6.45) is 2.55. The first-order valence-electron chi connectivity index (χ1n) is 9.58. The maximum Gasteiger partial charge on any atom is 0.410 e. The van der Waals surface area contributed by atoms with Gasteiger partial charge < -0.3 is 20.7 Å². The van der Waals surface area contributed by atoms with Gasteiger partial charge in [-0.3, -0.25) is 4.79 Å². The van der Waals surface area contributed by atoms with E-state index in [9.17, 15) is 9.59 Å². The number of primary amides is 1. The highest BCUT2D eigenvalue weighted by Gasteiger charge is 2.34. The van der Waals surface area contributed by atoms with Crippen molar-refractivity contribution in [3.8, 4) is 0 Å². The summed E-state index contributed by atoms with van der Waals surface area (Å²) in [6.45, 7) is 3.17. The molecule has 2 atom stereocenters. The normalized spacial score (nSPS) is 18.5. The van der Waals surface area contributed by atoms with Crippen molar-refractivity contribution >= 4 is 36.8 Å². The predicted molar refractivity (Wildman–Crippen MR) is 112 cm³/mol. The van der Waals surface area contributed by atoms with E-state index in [1.54, 1.807) is 11.1 Å². The largest absolute Gasteiger partial charge is 0.445 e. The Hall–Kier alpha value is -3.56. The van der Waals surface area contributed by atoms with E-state index in [1.165, 1.54) is 10.7 Å². The molecule has 0 bridgehead atoms. The molecule has 1 saturated heterocycles. The van der Waals surface area contributed by atoms with E-state index in [-0.39, 0.29) is 35.8 Å². The van der Waals surface area contributed by atoms with Crippen molar-refractivity contribution in [3.63, 3.8) is 0 Å². The van der Waals surface area contributed by atoms with Crippen LogP contribution < -0.4 is 16.6 Å². The van der Waals surface area contributed by atoms with E-state index in [0.29, 0.717) is 24.4 Å². The number of rotatable bonds is 5. The van der Waals surface area contributed by atoms with Gasteiger partial charge in [-0.2, -0.15) is 5.10 Å². The quantitative estimate of drug-likeness (QED) is 0.605. The number of likely N-dealkylation sites (tertiary alicyclic amines) is 1. The molecule has 4 rings (SSSR count). The number of amides is 2. The van der Waals surface area contributed by atoms with Crippen LogP contribution in [-0.4, -0.2) is 58.5 Å². The lowest BCUT2D eigenvalue weighted by atomic mass is 10.1. The number of nitrogens with zero attached hydrogens (tertiary/aromatic N) is 4. The van der Waals surface area contributed by atoms with Gasteiger partial charge in [0.2, 0.25) is 0 Å². The van der Waals surface area contributed by atoms with Crippen molar-refractivity contribution in [2.24, 2.45) is 11.7 Å². The highest BCUT2D eigenvalue weighted by molar-refractivity contribution is 6.30. The van der Waals surface area contributed by atoms with Crippen LogP contribution in [0.1, 0.15) is 22.8 Å². The van der Waals surface area contributed by atoms with Crippen molar-refractivity contribution < 1.29 is 14.3 Å².